The topological polar surface area (TPSA) is 53.0 Å². The summed E-state index contributed by atoms with van der Waals surface area (Å²) in [6, 6.07) is 5.86. The summed E-state index contributed by atoms with van der Waals surface area (Å²) in [4.78, 5) is 27.8. The zero-order valence-corrected chi connectivity index (χ0v) is 16.3. The number of amides is 2. The number of carbonyl (C=O) groups excluding carboxylic acids is 2. The van der Waals surface area contributed by atoms with Gasteiger partial charge in [-0.15, -0.1) is 0 Å². The minimum absolute atomic E-state index is 0.120. The zero-order valence-electron chi connectivity index (χ0n) is 14.7. The van der Waals surface area contributed by atoms with E-state index >= 15 is 0 Å². The first kappa shape index (κ1) is 16.2. The number of nitrogens with zero attached hydrogens (tertiary/aromatic N) is 3. The summed E-state index contributed by atoms with van der Waals surface area (Å²) in [6.07, 6.45) is 7.13. The van der Waals surface area contributed by atoms with Gasteiger partial charge in [0.2, 0.25) is 0 Å². The van der Waals surface area contributed by atoms with Gasteiger partial charge >= 0.3 is 0 Å². The molecule has 1 aromatic rings. The second kappa shape index (κ2) is 5.52. The van der Waals surface area contributed by atoms with Crippen molar-refractivity contribution in [2.75, 3.05) is 19.0 Å². The molecule has 4 aliphatic carbocycles. The van der Waals surface area contributed by atoms with E-state index in [1.165, 1.54) is 6.42 Å². The molecule has 1 heterocycles. The zero-order chi connectivity index (χ0) is 18.2. The number of halogens is 1. The van der Waals surface area contributed by atoms with Crippen molar-refractivity contribution in [3.05, 3.63) is 40.4 Å². The molecule has 0 radical (unpaired) electrons. The average molecular weight is 414 g/mol. The maximum Gasteiger partial charge on any atom is 0.254 e. The van der Waals surface area contributed by atoms with Crippen LogP contribution in [0.2, 0.25) is 0 Å². The number of hydrogen-bond acceptors (Lipinski definition) is 4. The molecule has 0 unspecified atom stereocenters. The Morgan fingerprint density at radius 1 is 1.12 bits per heavy atom. The van der Waals surface area contributed by atoms with Gasteiger partial charge in [0.1, 0.15) is 0 Å². The minimum atomic E-state index is -0.193. The van der Waals surface area contributed by atoms with Gasteiger partial charge in [-0.05, 0) is 63.7 Å². The molecule has 1 saturated heterocycles. The summed E-state index contributed by atoms with van der Waals surface area (Å²) < 4.78 is 0.946. The Morgan fingerprint density at radius 2 is 1.73 bits per heavy atom. The van der Waals surface area contributed by atoms with Crippen LogP contribution >= 0.6 is 15.9 Å². The molecule has 1 aromatic carbocycles. The van der Waals surface area contributed by atoms with Crippen molar-refractivity contribution in [2.45, 2.75) is 6.42 Å². The second-order valence-corrected chi connectivity index (χ2v) is 8.85. The van der Waals surface area contributed by atoms with Gasteiger partial charge in [0.05, 0.1) is 23.7 Å². The van der Waals surface area contributed by atoms with Crippen LogP contribution in [0, 0.1) is 35.5 Å². The highest BCUT2D eigenvalue weighted by Crippen LogP contribution is 2.65. The lowest BCUT2D eigenvalue weighted by Gasteiger charge is -2.37. The Labute approximate surface area is 160 Å². The fourth-order valence-corrected chi connectivity index (χ4v) is 5.90. The molecule has 5 aliphatic rings. The Balaban J connectivity index is 1.40. The number of hydrazone groups is 1. The smallest absolute Gasteiger partial charge is 0.254 e. The van der Waals surface area contributed by atoms with Crippen LogP contribution in [0.1, 0.15) is 12.0 Å². The predicted molar refractivity (Wildman–Crippen MR) is 103 cm³/mol. The molecule has 2 bridgehead atoms. The molecule has 2 saturated carbocycles. The maximum atomic E-state index is 12.9. The van der Waals surface area contributed by atoms with Crippen molar-refractivity contribution in [1.29, 1.82) is 0 Å². The van der Waals surface area contributed by atoms with Crippen molar-refractivity contribution >= 4 is 39.6 Å². The Morgan fingerprint density at radius 3 is 2.27 bits per heavy atom. The summed E-state index contributed by atoms with van der Waals surface area (Å²) in [6.45, 7) is 0. The van der Waals surface area contributed by atoms with Crippen molar-refractivity contribution in [3.8, 4) is 0 Å². The van der Waals surface area contributed by atoms with Crippen molar-refractivity contribution in [2.24, 2.45) is 40.6 Å². The average Bonchev–Trinajstić information content (AvgIpc) is 3.39. The number of hydrogen-bond donors (Lipinski definition) is 0. The number of benzene rings is 1. The molecule has 26 heavy (non-hydrogen) atoms. The second-order valence-electron chi connectivity index (χ2n) is 7.99. The van der Waals surface area contributed by atoms with E-state index in [2.05, 4.69) is 33.2 Å². The number of allylic oxidation sites excluding steroid dienone is 2. The SMILES string of the molecule is CN(C)c1ccc(/C=N\N2C(=O)[C@@H]3[C@H]4C=C[C@@H]([C@@H]5C[C@@H]45)[C@@H]3C2=O)cc1Br. The standard InChI is InChI=1S/C20H20BrN3O2/c1-23(2)16-6-3-10(7-15(16)21)9-22-24-19(25)17-11-4-5-12(14-8-13(11)14)18(17)20(24)26/h3-7,9,11-14,17-18H,8H2,1-2H3/b22-9-/t11-,12-,13-,14-,17-,18+/m0/s1. The molecule has 0 aromatic heterocycles. The van der Waals surface area contributed by atoms with Crippen molar-refractivity contribution in [3.63, 3.8) is 0 Å². The highest BCUT2D eigenvalue weighted by molar-refractivity contribution is 9.10. The molecule has 0 N–H and O–H groups in total. The van der Waals surface area contributed by atoms with Crippen LogP contribution in [0.25, 0.3) is 0 Å². The lowest BCUT2D eigenvalue weighted by Crippen LogP contribution is -2.40. The molecule has 6 heteroatoms. The molecule has 6 rings (SSSR count). The van der Waals surface area contributed by atoms with E-state index in [4.69, 9.17) is 0 Å². The van der Waals surface area contributed by atoms with Gasteiger partial charge in [0.15, 0.2) is 0 Å². The third-order valence-corrected chi connectivity index (χ3v) is 7.05. The first-order chi connectivity index (χ1) is 12.5. The van der Waals surface area contributed by atoms with Crippen LogP contribution in [0.5, 0.6) is 0 Å². The molecule has 1 aliphatic heterocycles. The normalized spacial score (nSPS) is 36.7. The molecule has 5 nitrogen and oxygen atoms in total. The Bertz CT molecular complexity index is 842. The van der Waals surface area contributed by atoms with Crippen LogP contribution in [-0.4, -0.2) is 37.1 Å². The highest BCUT2D eigenvalue weighted by Gasteiger charge is 2.67. The van der Waals surface area contributed by atoms with Crippen molar-refractivity contribution < 1.29 is 9.59 Å². The molecule has 3 fully saturated rings. The van der Waals surface area contributed by atoms with E-state index in [0.29, 0.717) is 11.8 Å². The molecule has 0 spiro atoms. The molecule has 2 amide bonds. The highest BCUT2D eigenvalue weighted by atomic mass is 79.9. The third-order valence-electron chi connectivity index (χ3n) is 6.42. The van der Waals surface area contributed by atoms with E-state index in [9.17, 15) is 9.59 Å². The lowest BCUT2D eigenvalue weighted by atomic mass is 9.63. The summed E-state index contributed by atoms with van der Waals surface area (Å²) in [5.41, 5.74) is 1.91. The van der Waals surface area contributed by atoms with Gasteiger partial charge in [0, 0.05) is 18.6 Å². The number of rotatable bonds is 3. The first-order valence-corrected chi connectivity index (χ1v) is 9.83. The number of anilines is 1. The quantitative estimate of drug-likeness (QED) is 0.434. The minimum Gasteiger partial charge on any atom is -0.377 e. The monoisotopic (exact) mass is 413 g/mol. The predicted octanol–water partition coefficient (Wildman–Crippen LogP) is 2.90. The first-order valence-electron chi connectivity index (χ1n) is 9.04. The third kappa shape index (κ3) is 2.17. The van der Waals surface area contributed by atoms with Gasteiger partial charge in [-0.2, -0.15) is 10.1 Å². The van der Waals surface area contributed by atoms with Gasteiger partial charge in [0.25, 0.3) is 11.8 Å². The van der Waals surface area contributed by atoms with Crippen LogP contribution < -0.4 is 4.90 Å². The fraction of sp³-hybridized carbons (Fsp3) is 0.450. The van der Waals surface area contributed by atoms with Gasteiger partial charge in [-0.25, -0.2) is 0 Å². The lowest BCUT2D eigenvalue weighted by molar-refractivity contribution is -0.140. The molecule has 6 atom stereocenters. The van der Waals surface area contributed by atoms with Crippen LogP contribution in [0.15, 0.2) is 39.9 Å². The van der Waals surface area contributed by atoms with Crippen LogP contribution in [-0.2, 0) is 9.59 Å². The molecular formula is C20H20BrN3O2. The Kier molecular flexibility index (Phi) is 3.45. The summed E-state index contributed by atoms with van der Waals surface area (Å²) >= 11 is 3.55. The van der Waals surface area contributed by atoms with Crippen molar-refractivity contribution in [1.82, 2.24) is 5.01 Å². The largest absolute Gasteiger partial charge is 0.377 e. The number of imide groups is 1. The molecule has 134 valence electrons. The van der Waals surface area contributed by atoms with E-state index < -0.39 is 0 Å². The van der Waals surface area contributed by atoms with E-state index in [0.717, 1.165) is 20.7 Å². The molecular weight excluding hydrogens is 394 g/mol. The van der Waals surface area contributed by atoms with E-state index in [1.807, 2.05) is 37.2 Å². The summed E-state index contributed by atoms with van der Waals surface area (Å²) in [5, 5.41) is 5.40. The van der Waals surface area contributed by atoms with Gasteiger partial charge < -0.3 is 4.90 Å². The van der Waals surface area contributed by atoms with Gasteiger partial charge in [-0.3, -0.25) is 9.59 Å². The Hall–Kier alpha value is -1.95. The van der Waals surface area contributed by atoms with Gasteiger partial charge in [-0.1, -0.05) is 18.2 Å². The maximum absolute atomic E-state index is 12.9. The van der Waals surface area contributed by atoms with E-state index in [-0.39, 0.29) is 35.5 Å². The van der Waals surface area contributed by atoms with Crippen LogP contribution in [0.4, 0.5) is 5.69 Å². The summed E-state index contributed by atoms with van der Waals surface area (Å²) in [5.74, 6) is 1.07. The fourth-order valence-electron chi connectivity index (χ4n) is 5.15. The van der Waals surface area contributed by atoms with E-state index in [1.54, 1.807) is 6.21 Å². The van der Waals surface area contributed by atoms with Crippen LogP contribution in [0.3, 0.4) is 0 Å². The summed E-state index contributed by atoms with van der Waals surface area (Å²) in [7, 11) is 3.95. The number of carbonyl (C=O) groups is 2.